The molecule has 0 radical (unpaired) electrons. The predicted octanol–water partition coefficient (Wildman–Crippen LogP) is 5.05. The molecular formula is C35H37ClFN5O6S. The molecule has 2 atom stereocenters. The van der Waals surface area contributed by atoms with E-state index in [9.17, 15) is 8.42 Å². The number of sulfonamides is 1. The molecular weight excluding hydrogens is 673 g/mol. The number of nitrogens with zero attached hydrogens (tertiary/aromatic N) is 5. The van der Waals surface area contributed by atoms with Crippen LogP contribution in [-0.4, -0.2) is 88.0 Å². The van der Waals surface area contributed by atoms with Gasteiger partial charge in [-0.05, 0) is 67.9 Å². The van der Waals surface area contributed by atoms with Crippen molar-refractivity contribution in [2.45, 2.75) is 35.9 Å². The lowest BCUT2D eigenvalue weighted by molar-refractivity contribution is -0.127. The van der Waals surface area contributed by atoms with Crippen molar-refractivity contribution in [2.24, 2.45) is 0 Å². The van der Waals surface area contributed by atoms with E-state index >= 15 is 9.18 Å². The zero-order valence-electron chi connectivity index (χ0n) is 27.4. The summed E-state index contributed by atoms with van der Waals surface area (Å²) in [7, 11) is 0.473. The fourth-order valence-electron chi connectivity index (χ4n) is 7.37. The molecule has 11 nitrogen and oxygen atoms in total. The Labute approximate surface area is 289 Å². The molecule has 4 heterocycles. The van der Waals surface area contributed by atoms with Gasteiger partial charge in [0.15, 0.2) is 5.54 Å². The van der Waals surface area contributed by atoms with Crippen LogP contribution in [0.25, 0.3) is 0 Å². The summed E-state index contributed by atoms with van der Waals surface area (Å²) in [6, 6.07) is 13.2. The van der Waals surface area contributed by atoms with Crippen LogP contribution >= 0.6 is 11.6 Å². The van der Waals surface area contributed by atoms with Crippen LogP contribution < -0.4 is 13.8 Å². The number of carbonyl (C=O) groups is 1. The second kappa shape index (κ2) is 13.0. The second-order valence-corrected chi connectivity index (χ2v) is 14.8. The molecule has 1 amide bonds. The van der Waals surface area contributed by atoms with Crippen LogP contribution in [0.3, 0.4) is 0 Å². The molecule has 0 aliphatic carbocycles. The number of piperazine rings is 1. The Morgan fingerprint density at radius 2 is 1.76 bits per heavy atom. The van der Waals surface area contributed by atoms with E-state index < -0.39 is 33.3 Å². The maximum absolute atomic E-state index is 15.6. The third-order valence-corrected chi connectivity index (χ3v) is 11.8. The summed E-state index contributed by atoms with van der Waals surface area (Å²) in [6.07, 6.45) is 4.23. The first kappa shape index (κ1) is 33.5. The highest BCUT2D eigenvalue weighted by molar-refractivity contribution is 7.93. The summed E-state index contributed by atoms with van der Waals surface area (Å²) in [4.78, 5) is 26.3. The van der Waals surface area contributed by atoms with Crippen molar-refractivity contribution in [3.63, 3.8) is 0 Å². The zero-order valence-corrected chi connectivity index (χ0v) is 29.0. The van der Waals surface area contributed by atoms with E-state index in [1.54, 1.807) is 6.07 Å². The number of oxazole rings is 1. The van der Waals surface area contributed by atoms with E-state index in [0.29, 0.717) is 53.2 Å². The third-order valence-electron chi connectivity index (χ3n) is 9.81. The zero-order chi connectivity index (χ0) is 34.5. The SMILES string of the molecule is COc1ccc(S(=O)(=O)N2C(=O)C(c3cc(CN4CCN(C)CC4)ccc3OC)(N3CCCC3c3ncco3)c3cc(Cl)c(F)cc32)cc1. The second-order valence-electron chi connectivity index (χ2n) is 12.6. The van der Waals surface area contributed by atoms with Gasteiger partial charge in [-0.3, -0.25) is 14.6 Å². The van der Waals surface area contributed by atoms with Crippen LogP contribution in [-0.2, 0) is 26.9 Å². The largest absolute Gasteiger partial charge is 0.497 e. The fourth-order valence-corrected chi connectivity index (χ4v) is 8.99. The van der Waals surface area contributed by atoms with E-state index in [-0.39, 0.29) is 21.2 Å². The highest BCUT2D eigenvalue weighted by atomic mass is 35.5. The summed E-state index contributed by atoms with van der Waals surface area (Å²) in [5.74, 6) is -0.493. The van der Waals surface area contributed by atoms with Crippen LogP contribution in [0.1, 0.15) is 41.5 Å². The average Bonchev–Trinajstić information content (AvgIpc) is 3.86. The fraction of sp³-hybridized carbons (Fsp3) is 0.371. The van der Waals surface area contributed by atoms with E-state index in [2.05, 4.69) is 21.8 Å². The standard InChI is InChI=1S/C35H37ClFN5O6S/c1-39-14-16-40(17-15-39)22-23-6-11-32(47-3)27(19-23)35(41-13-4-5-30(41)33-38-12-18-48-33)26-20-28(36)29(37)21-31(26)42(34(35)43)49(44,45)25-9-7-24(46-2)8-10-25/h6-12,18-21,30H,4-5,13-17,22H2,1-3H3. The van der Waals surface area contributed by atoms with Crippen LogP contribution in [0.5, 0.6) is 11.5 Å². The topological polar surface area (TPSA) is 109 Å². The monoisotopic (exact) mass is 709 g/mol. The summed E-state index contributed by atoms with van der Waals surface area (Å²) < 4.78 is 62.3. The first-order valence-electron chi connectivity index (χ1n) is 16.1. The molecule has 7 rings (SSSR count). The van der Waals surface area contributed by atoms with Gasteiger partial charge in [-0.25, -0.2) is 22.1 Å². The lowest BCUT2D eigenvalue weighted by Gasteiger charge is -2.41. The average molecular weight is 710 g/mol. The number of benzene rings is 3. The highest BCUT2D eigenvalue weighted by Gasteiger charge is 2.63. The maximum atomic E-state index is 15.6. The number of methoxy groups -OCH3 is 2. The van der Waals surface area contributed by atoms with Crippen molar-refractivity contribution in [1.82, 2.24) is 19.7 Å². The Balaban J connectivity index is 1.48. The Bertz CT molecular complexity index is 1970. The van der Waals surface area contributed by atoms with E-state index in [1.165, 1.54) is 57.0 Å². The normalized spacial score (nSPS) is 22.1. The molecule has 3 aliphatic heterocycles. The van der Waals surface area contributed by atoms with Gasteiger partial charge in [0.1, 0.15) is 23.6 Å². The number of carbonyl (C=O) groups excluding carboxylic acids is 1. The molecule has 258 valence electrons. The molecule has 1 aromatic heterocycles. The number of hydrogen-bond acceptors (Lipinski definition) is 10. The number of likely N-dealkylation sites (tertiary alicyclic amines) is 1. The molecule has 49 heavy (non-hydrogen) atoms. The number of halogens is 2. The van der Waals surface area contributed by atoms with Gasteiger partial charge in [0.05, 0.1) is 42.1 Å². The summed E-state index contributed by atoms with van der Waals surface area (Å²) in [6.45, 7) is 4.55. The molecule has 2 fully saturated rings. The Morgan fingerprint density at radius 1 is 1.00 bits per heavy atom. The molecule has 0 N–H and O–H groups in total. The third kappa shape index (κ3) is 5.57. The summed E-state index contributed by atoms with van der Waals surface area (Å²) in [5, 5.41) is -0.251. The van der Waals surface area contributed by atoms with E-state index in [4.69, 9.17) is 25.5 Å². The first-order valence-corrected chi connectivity index (χ1v) is 17.9. The van der Waals surface area contributed by atoms with Crippen molar-refractivity contribution in [1.29, 1.82) is 0 Å². The number of aromatic nitrogens is 1. The van der Waals surface area contributed by atoms with Crippen LogP contribution in [0.2, 0.25) is 5.02 Å². The van der Waals surface area contributed by atoms with Crippen molar-refractivity contribution < 1.29 is 31.5 Å². The van der Waals surface area contributed by atoms with Crippen LogP contribution in [0, 0.1) is 5.82 Å². The Hall–Kier alpha value is -4.01. The van der Waals surface area contributed by atoms with Gasteiger partial charge in [-0.1, -0.05) is 17.7 Å². The van der Waals surface area contributed by atoms with Crippen molar-refractivity contribution in [3.8, 4) is 11.5 Å². The molecule has 0 saturated carbocycles. The minimum absolute atomic E-state index is 0.132. The smallest absolute Gasteiger partial charge is 0.271 e. The van der Waals surface area contributed by atoms with Crippen LogP contribution in [0.15, 0.2) is 76.4 Å². The highest BCUT2D eigenvalue weighted by Crippen LogP contribution is 2.57. The number of ether oxygens (including phenoxy) is 2. The number of fused-ring (bicyclic) bond motifs is 1. The van der Waals surface area contributed by atoms with Gasteiger partial charge in [0, 0.05) is 56.5 Å². The minimum atomic E-state index is -4.59. The number of hydrogen-bond donors (Lipinski definition) is 0. The predicted molar refractivity (Wildman–Crippen MR) is 181 cm³/mol. The Morgan fingerprint density at radius 3 is 2.43 bits per heavy atom. The molecule has 14 heteroatoms. The summed E-state index contributed by atoms with van der Waals surface area (Å²) in [5.41, 5.74) is -0.417. The van der Waals surface area contributed by atoms with Gasteiger partial charge >= 0.3 is 0 Å². The quantitative estimate of drug-likeness (QED) is 0.234. The number of amides is 1. The first-order chi connectivity index (χ1) is 23.6. The van der Waals surface area contributed by atoms with Gasteiger partial charge < -0.3 is 18.8 Å². The minimum Gasteiger partial charge on any atom is -0.497 e. The number of rotatable bonds is 9. The van der Waals surface area contributed by atoms with E-state index in [0.717, 1.165) is 37.8 Å². The van der Waals surface area contributed by atoms with Crippen LogP contribution in [0.4, 0.5) is 10.1 Å². The lowest BCUT2D eigenvalue weighted by Crippen LogP contribution is -2.54. The molecule has 3 aromatic carbocycles. The Kier molecular flexibility index (Phi) is 8.90. The van der Waals surface area contributed by atoms with Crippen molar-refractivity contribution >= 4 is 33.2 Å². The maximum Gasteiger partial charge on any atom is 0.271 e. The lowest BCUT2D eigenvalue weighted by atomic mass is 9.80. The van der Waals surface area contributed by atoms with Gasteiger partial charge in [-0.15, -0.1) is 0 Å². The van der Waals surface area contributed by atoms with Gasteiger partial charge in [0.2, 0.25) is 5.89 Å². The molecule has 0 spiro atoms. The molecule has 4 aromatic rings. The molecule has 0 bridgehead atoms. The molecule has 2 saturated heterocycles. The summed E-state index contributed by atoms with van der Waals surface area (Å²) >= 11 is 6.50. The van der Waals surface area contributed by atoms with Crippen molar-refractivity contribution in [3.05, 3.63) is 100 Å². The van der Waals surface area contributed by atoms with Crippen molar-refractivity contribution in [2.75, 3.05) is 58.3 Å². The van der Waals surface area contributed by atoms with Gasteiger partial charge in [-0.2, -0.15) is 0 Å². The van der Waals surface area contributed by atoms with E-state index in [1.807, 2.05) is 17.0 Å². The molecule has 3 aliphatic rings. The molecule has 2 unspecified atom stereocenters. The number of anilines is 1. The van der Waals surface area contributed by atoms with Gasteiger partial charge in [0.25, 0.3) is 15.9 Å². The number of likely N-dealkylation sites (N-methyl/N-ethyl adjacent to an activating group) is 1.